The van der Waals surface area contributed by atoms with Gasteiger partial charge in [-0.25, -0.2) is 33.7 Å². The molecule has 2 aromatic rings. The summed E-state index contributed by atoms with van der Waals surface area (Å²) in [6.45, 7) is 9.55. The van der Waals surface area contributed by atoms with Crippen molar-refractivity contribution in [1.82, 2.24) is 5.32 Å². The number of rotatable bonds is 8. The average Bonchev–Trinajstić information content (AvgIpc) is 3.47. The highest BCUT2D eigenvalue weighted by Gasteiger charge is 2.45. The Bertz CT molecular complexity index is 1710. The molecule has 44 heavy (non-hydrogen) atoms. The number of benzene rings is 2. The van der Waals surface area contributed by atoms with Gasteiger partial charge >= 0.3 is 0 Å². The van der Waals surface area contributed by atoms with Crippen molar-refractivity contribution in [3.05, 3.63) is 70.1 Å². The topological polar surface area (TPSA) is 175 Å². The molecule has 0 spiro atoms. The first-order chi connectivity index (χ1) is 20.2. The second kappa shape index (κ2) is 15.9. The molecule has 3 N–H and O–H groups in total. The zero-order valence-corrected chi connectivity index (χ0v) is 29.7. The van der Waals surface area contributed by atoms with Crippen LogP contribution >= 0.6 is 23.2 Å². The molecular formula is C28H40Cl2N2O8S4. The lowest BCUT2D eigenvalue weighted by molar-refractivity contribution is 0.480. The van der Waals surface area contributed by atoms with E-state index in [0.717, 1.165) is 12.0 Å². The molecule has 0 bridgehead atoms. The first kappa shape index (κ1) is 38.7. The van der Waals surface area contributed by atoms with E-state index in [9.17, 15) is 33.7 Å². The Hall–Kier alpha value is -1.52. The molecule has 3 atom stereocenters. The van der Waals surface area contributed by atoms with E-state index in [-0.39, 0.29) is 21.3 Å². The van der Waals surface area contributed by atoms with Gasteiger partial charge in [0.2, 0.25) is 0 Å². The Labute approximate surface area is 272 Å². The van der Waals surface area contributed by atoms with Crippen LogP contribution in [0.4, 0.5) is 0 Å². The minimum absolute atomic E-state index is 0.0775. The molecule has 4 rings (SSSR count). The molecule has 2 heterocycles. The Kier molecular flexibility index (Phi) is 13.9. The van der Waals surface area contributed by atoms with Crippen molar-refractivity contribution in [3.63, 3.8) is 0 Å². The minimum Gasteiger partial charge on any atom is -0.330 e. The summed E-state index contributed by atoms with van der Waals surface area (Å²) in [5.41, 5.74) is 5.17. The highest BCUT2D eigenvalue weighted by molar-refractivity contribution is 7.98. The molecule has 2 aliphatic rings. The van der Waals surface area contributed by atoms with Crippen molar-refractivity contribution in [2.24, 2.45) is 17.6 Å². The number of halogens is 2. The molecule has 0 saturated carbocycles. The van der Waals surface area contributed by atoms with E-state index in [1.54, 1.807) is 0 Å². The molecule has 0 unspecified atom stereocenters. The van der Waals surface area contributed by atoms with Crippen molar-refractivity contribution < 1.29 is 33.7 Å². The highest BCUT2D eigenvalue weighted by atomic mass is 35.5. The quantitative estimate of drug-likeness (QED) is 0.409. The Balaban J connectivity index is 0.000000272. The van der Waals surface area contributed by atoms with Crippen molar-refractivity contribution in [3.8, 4) is 0 Å². The summed E-state index contributed by atoms with van der Waals surface area (Å²) < 4.78 is 95.8. The van der Waals surface area contributed by atoms with Crippen molar-refractivity contribution in [2.45, 2.75) is 54.0 Å². The van der Waals surface area contributed by atoms with Gasteiger partial charge in [0.1, 0.15) is 0 Å². The molecule has 1 fully saturated rings. The molecule has 248 valence electrons. The lowest BCUT2D eigenvalue weighted by Gasteiger charge is -2.21. The lowest BCUT2D eigenvalue weighted by atomic mass is 10.2. The predicted octanol–water partition coefficient (Wildman–Crippen LogP) is 3.55. The fraction of sp³-hybridized carbons (Fsp3) is 0.500. The van der Waals surface area contributed by atoms with Gasteiger partial charge in [-0.2, -0.15) is 0 Å². The van der Waals surface area contributed by atoms with Crippen LogP contribution in [0.1, 0.15) is 27.7 Å². The maximum atomic E-state index is 12.7. The standard InChI is InChI=1S/C14H20ClNO4S2.C10H9ClO4S2.C4H11N/c1-10(2)7-16-13-8-21(17,18)9-14(13)22(19,20)12-5-3-11(15)4-6-12;11-8-1-3-9(4-2-8)17(14,15)10-5-6-16(12,13)7-10;1-4(2)3-5/h3-6,10,13-14,16H,7-9H2,1-2H3;1-6,10H,7H2;4H,3,5H2,1-2H3/t13-,14-;10-;/m11./s1. The molecule has 0 aliphatic carbocycles. The largest absolute Gasteiger partial charge is 0.330 e. The summed E-state index contributed by atoms with van der Waals surface area (Å²) >= 11 is 11.4. The number of nitrogens with one attached hydrogen (secondary N) is 1. The van der Waals surface area contributed by atoms with Crippen LogP contribution < -0.4 is 11.1 Å². The zero-order chi connectivity index (χ0) is 33.5. The average molecular weight is 732 g/mol. The van der Waals surface area contributed by atoms with E-state index in [1.165, 1.54) is 54.6 Å². The van der Waals surface area contributed by atoms with Crippen LogP contribution in [0.2, 0.25) is 10.0 Å². The molecule has 1 saturated heterocycles. The summed E-state index contributed by atoms with van der Waals surface area (Å²) in [4.78, 5) is 0.184. The van der Waals surface area contributed by atoms with Crippen LogP contribution in [0, 0.1) is 11.8 Å². The van der Waals surface area contributed by atoms with E-state index in [1.807, 2.05) is 13.8 Å². The molecular weight excluding hydrogens is 691 g/mol. The van der Waals surface area contributed by atoms with E-state index in [4.69, 9.17) is 28.9 Å². The normalized spacial score (nSPS) is 22.2. The summed E-state index contributed by atoms with van der Waals surface area (Å²) in [6, 6.07) is 10.9. The summed E-state index contributed by atoms with van der Waals surface area (Å²) in [5, 5.41) is 2.94. The molecule has 2 aliphatic heterocycles. The number of hydrogen-bond donors (Lipinski definition) is 2. The van der Waals surface area contributed by atoms with Gasteiger partial charge in [0, 0.05) is 21.5 Å². The zero-order valence-electron chi connectivity index (χ0n) is 24.9. The van der Waals surface area contributed by atoms with Gasteiger partial charge < -0.3 is 11.1 Å². The Morgan fingerprint density at radius 2 is 1.23 bits per heavy atom. The van der Waals surface area contributed by atoms with E-state index >= 15 is 0 Å². The van der Waals surface area contributed by atoms with Crippen LogP contribution in [0.3, 0.4) is 0 Å². The highest BCUT2D eigenvalue weighted by Crippen LogP contribution is 2.27. The summed E-state index contributed by atoms with van der Waals surface area (Å²) in [7, 11) is -14.1. The first-order valence-corrected chi connectivity index (χ1v) is 21.1. The second-order valence-corrected chi connectivity index (χ2v) is 20.6. The number of sulfone groups is 4. The minimum atomic E-state index is -3.72. The third kappa shape index (κ3) is 11.4. The third-order valence-electron chi connectivity index (χ3n) is 6.54. The van der Waals surface area contributed by atoms with Crippen LogP contribution in [0.25, 0.3) is 0 Å². The summed E-state index contributed by atoms with van der Waals surface area (Å²) in [6.07, 6.45) is 1.21. The second-order valence-electron chi connectivity index (χ2n) is 11.3. The van der Waals surface area contributed by atoms with E-state index in [0.29, 0.717) is 28.4 Å². The number of hydrogen-bond acceptors (Lipinski definition) is 10. The van der Waals surface area contributed by atoms with Crippen molar-refractivity contribution in [1.29, 1.82) is 0 Å². The van der Waals surface area contributed by atoms with E-state index < -0.39 is 61.6 Å². The van der Waals surface area contributed by atoms with Crippen molar-refractivity contribution in [2.75, 3.05) is 30.3 Å². The van der Waals surface area contributed by atoms with Crippen molar-refractivity contribution >= 4 is 62.6 Å². The maximum Gasteiger partial charge on any atom is 0.185 e. The van der Waals surface area contributed by atoms with Crippen LogP contribution in [0.5, 0.6) is 0 Å². The molecule has 0 amide bonds. The van der Waals surface area contributed by atoms with Crippen LogP contribution in [0.15, 0.2) is 69.8 Å². The van der Waals surface area contributed by atoms with Gasteiger partial charge in [-0.15, -0.1) is 0 Å². The summed E-state index contributed by atoms with van der Waals surface area (Å²) in [5.74, 6) is 0.0975. The van der Waals surface area contributed by atoms with Crippen LogP contribution in [-0.2, 0) is 39.3 Å². The SMILES string of the molecule is CC(C)CN.CC(C)CN[C@@H]1CS(=O)(=O)C[C@H]1S(=O)(=O)c1ccc(Cl)cc1.O=S1(=O)C=C[C@@H](S(=O)(=O)c2ccc(Cl)cc2)C1. The monoisotopic (exact) mass is 730 g/mol. The van der Waals surface area contributed by atoms with Gasteiger partial charge in [0.05, 0.1) is 37.5 Å². The van der Waals surface area contributed by atoms with Gasteiger partial charge in [-0.3, -0.25) is 0 Å². The number of nitrogens with two attached hydrogens (primary N) is 1. The smallest absolute Gasteiger partial charge is 0.185 e. The molecule has 0 radical (unpaired) electrons. The van der Waals surface area contributed by atoms with Crippen LogP contribution in [-0.4, -0.2) is 80.6 Å². The third-order valence-corrected chi connectivity index (χ3v) is 14.9. The fourth-order valence-electron chi connectivity index (χ4n) is 4.04. The molecule has 2 aromatic carbocycles. The maximum absolute atomic E-state index is 12.7. The van der Waals surface area contributed by atoms with Gasteiger partial charge in [0.25, 0.3) is 0 Å². The van der Waals surface area contributed by atoms with E-state index in [2.05, 4.69) is 19.2 Å². The predicted molar refractivity (Wildman–Crippen MR) is 177 cm³/mol. The Morgan fingerprint density at radius 1 is 0.773 bits per heavy atom. The fourth-order valence-corrected chi connectivity index (χ4v) is 12.7. The molecule has 0 aromatic heterocycles. The lowest BCUT2D eigenvalue weighted by Crippen LogP contribution is -2.44. The van der Waals surface area contributed by atoms with Gasteiger partial charge in [-0.1, -0.05) is 57.0 Å². The molecule has 10 nitrogen and oxygen atoms in total. The van der Waals surface area contributed by atoms with Gasteiger partial charge in [-0.05, 0) is 73.5 Å². The Morgan fingerprint density at radius 3 is 1.61 bits per heavy atom. The first-order valence-electron chi connectivity index (χ1n) is 13.7. The van der Waals surface area contributed by atoms with Gasteiger partial charge in [0.15, 0.2) is 39.3 Å². The molecule has 16 heteroatoms.